The summed E-state index contributed by atoms with van der Waals surface area (Å²) in [6, 6.07) is 5.45. The van der Waals surface area contributed by atoms with Crippen molar-refractivity contribution in [3.63, 3.8) is 0 Å². The molecule has 0 amide bonds. The van der Waals surface area contributed by atoms with Crippen molar-refractivity contribution in [3.05, 3.63) is 29.6 Å². The largest absolute Gasteiger partial charge is 0.489 e. The van der Waals surface area contributed by atoms with Crippen LogP contribution in [0.1, 0.15) is 39.7 Å². The van der Waals surface area contributed by atoms with Crippen LogP contribution in [0.5, 0.6) is 5.75 Å². The summed E-state index contributed by atoms with van der Waals surface area (Å²) >= 11 is 0. The van der Waals surface area contributed by atoms with Crippen LogP contribution in [-0.2, 0) is 0 Å². The van der Waals surface area contributed by atoms with Crippen LogP contribution in [0.2, 0.25) is 0 Å². The number of nitrogens with one attached hydrogen (secondary N) is 1. The highest BCUT2D eigenvalue weighted by Crippen LogP contribution is 2.23. The van der Waals surface area contributed by atoms with E-state index < -0.39 is 0 Å². The van der Waals surface area contributed by atoms with Gasteiger partial charge in [-0.2, -0.15) is 0 Å². The van der Waals surface area contributed by atoms with E-state index in [1.165, 1.54) is 0 Å². The maximum Gasteiger partial charge on any atom is 0.167 e. The molecule has 1 aromatic carbocycles. The van der Waals surface area contributed by atoms with E-state index in [0.29, 0.717) is 17.9 Å². The minimum Gasteiger partial charge on any atom is -0.489 e. The topological polar surface area (TPSA) is 21.3 Å². The fourth-order valence-electron chi connectivity index (χ4n) is 1.84. The molecule has 0 saturated carbocycles. The number of hydrogen-bond acceptors (Lipinski definition) is 2. The van der Waals surface area contributed by atoms with Crippen LogP contribution in [0.4, 0.5) is 4.39 Å². The van der Waals surface area contributed by atoms with Gasteiger partial charge in [0.05, 0.1) is 0 Å². The van der Waals surface area contributed by atoms with E-state index in [9.17, 15) is 4.39 Å². The molecular weight excluding hydrogens is 241 g/mol. The van der Waals surface area contributed by atoms with E-state index in [2.05, 4.69) is 33.0 Å². The zero-order chi connectivity index (χ0) is 14.5. The van der Waals surface area contributed by atoms with E-state index >= 15 is 0 Å². The van der Waals surface area contributed by atoms with Crippen LogP contribution in [0.15, 0.2) is 18.2 Å². The summed E-state index contributed by atoms with van der Waals surface area (Å²) in [5.74, 6) is 0.0817. The standard InChI is InChI=1S/C16H26FNO/c1-6-10-18-14(16(3,4)5)11-19-13-9-7-8-12(2)15(13)17/h7-9,14,18H,6,10-11H2,1-5H3. The van der Waals surface area contributed by atoms with E-state index in [1.807, 2.05) is 6.07 Å². The van der Waals surface area contributed by atoms with Gasteiger partial charge < -0.3 is 10.1 Å². The Bertz CT molecular complexity index is 398. The summed E-state index contributed by atoms with van der Waals surface area (Å²) in [4.78, 5) is 0. The molecule has 0 bridgehead atoms. The summed E-state index contributed by atoms with van der Waals surface area (Å²) < 4.78 is 19.5. The fourth-order valence-corrected chi connectivity index (χ4v) is 1.84. The Morgan fingerprint density at radius 2 is 2.00 bits per heavy atom. The summed E-state index contributed by atoms with van der Waals surface area (Å²) in [6.45, 7) is 11.8. The first-order chi connectivity index (χ1) is 8.86. The number of rotatable bonds is 6. The van der Waals surface area contributed by atoms with E-state index in [-0.39, 0.29) is 17.3 Å². The molecular formula is C16H26FNO. The van der Waals surface area contributed by atoms with E-state index in [4.69, 9.17) is 4.74 Å². The van der Waals surface area contributed by atoms with Crippen LogP contribution >= 0.6 is 0 Å². The lowest BCUT2D eigenvalue weighted by molar-refractivity contribution is 0.170. The van der Waals surface area contributed by atoms with Crippen LogP contribution in [0.3, 0.4) is 0 Å². The van der Waals surface area contributed by atoms with E-state index in [1.54, 1.807) is 19.1 Å². The first kappa shape index (κ1) is 16.0. The van der Waals surface area contributed by atoms with Crippen LogP contribution < -0.4 is 10.1 Å². The maximum atomic E-state index is 13.9. The Morgan fingerprint density at radius 1 is 1.32 bits per heavy atom. The monoisotopic (exact) mass is 267 g/mol. The third kappa shape index (κ3) is 4.83. The lowest BCUT2D eigenvalue weighted by Gasteiger charge is -2.31. The molecule has 19 heavy (non-hydrogen) atoms. The highest BCUT2D eigenvalue weighted by Gasteiger charge is 2.25. The van der Waals surface area contributed by atoms with Crippen molar-refractivity contribution in [2.45, 2.75) is 47.1 Å². The zero-order valence-electron chi connectivity index (χ0n) is 12.7. The minimum absolute atomic E-state index is 0.0788. The van der Waals surface area contributed by atoms with Crippen LogP contribution in [0.25, 0.3) is 0 Å². The molecule has 0 spiro atoms. The lowest BCUT2D eigenvalue weighted by Crippen LogP contribution is -2.45. The molecule has 0 aliphatic rings. The summed E-state index contributed by atoms with van der Waals surface area (Å²) in [5, 5.41) is 3.47. The Balaban J connectivity index is 2.68. The van der Waals surface area contributed by atoms with Gasteiger partial charge in [0, 0.05) is 6.04 Å². The molecule has 0 aliphatic heterocycles. The Morgan fingerprint density at radius 3 is 2.58 bits per heavy atom. The van der Waals surface area contributed by atoms with Gasteiger partial charge in [0.1, 0.15) is 6.61 Å². The van der Waals surface area contributed by atoms with Crippen molar-refractivity contribution in [1.29, 1.82) is 0 Å². The molecule has 0 heterocycles. The summed E-state index contributed by atoms with van der Waals surface area (Å²) in [7, 11) is 0. The molecule has 0 fully saturated rings. The van der Waals surface area contributed by atoms with Gasteiger partial charge in [0.2, 0.25) is 0 Å². The van der Waals surface area contributed by atoms with Gasteiger partial charge in [-0.3, -0.25) is 0 Å². The molecule has 108 valence electrons. The quantitative estimate of drug-likeness (QED) is 0.843. The minimum atomic E-state index is -0.259. The lowest BCUT2D eigenvalue weighted by atomic mass is 9.87. The first-order valence-corrected chi connectivity index (χ1v) is 6.97. The van der Waals surface area contributed by atoms with Crippen molar-refractivity contribution in [2.75, 3.05) is 13.2 Å². The van der Waals surface area contributed by atoms with Gasteiger partial charge in [-0.05, 0) is 36.9 Å². The zero-order valence-corrected chi connectivity index (χ0v) is 12.7. The Kier molecular flexibility index (Phi) is 5.80. The predicted molar refractivity (Wildman–Crippen MR) is 78.2 cm³/mol. The molecule has 1 N–H and O–H groups in total. The third-order valence-corrected chi connectivity index (χ3v) is 3.25. The second-order valence-electron chi connectivity index (χ2n) is 6.07. The Hall–Kier alpha value is -1.09. The molecule has 0 aromatic heterocycles. The molecule has 1 unspecified atom stereocenters. The smallest absolute Gasteiger partial charge is 0.167 e. The van der Waals surface area contributed by atoms with Gasteiger partial charge >= 0.3 is 0 Å². The SMILES string of the molecule is CCCNC(COc1cccc(C)c1F)C(C)(C)C. The number of hydrogen-bond donors (Lipinski definition) is 1. The number of halogens is 1. The fraction of sp³-hybridized carbons (Fsp3) is 0.625. The van der Waals surface area contributed by atoms with Crippen LogP contribution in [0, 0.1) is 18.2 Å². The molecule has 1 rings (SSSR count). The van der Waals surface area contributed by atoms with Crippen molar-refractivity contribution in [1.82, 2.24) is 5.32 Å². The van der Waals surface area contributed by atoms with Gasteiger partial charge in [0.15, 0.2) is 11.6 Å². The van der Waals surface area contributed by atoms with Crippen molar-refractivity contribution in [3.8, 4) is 5.75 Å². The first-order valence-electron chi connectivity index (χ1n) is 6.97. The molecule has 1 atom stereocenters. The highest BCUT2D eigenvalue weighted by molar-refractivity contribution is 5.30. The molecule has 0 saturated heterocycles. The number of ether oxygens (including phenoxy) is 1. The summed E-state index contributed by atoms with van der Waals surface area (Å²) in [6.07, 6.45) is 1.07. The third-order valence-electron chi connectivity index (χ3n) is 3.25. The van der Waals surface area contributed by atoms with Crippen LogP contribution in [-0.4, -0.2) is 19.2 Å². The van der Waals surface area contributed by atoms with E-state index in [0.717, 1.165) is 13.0 Å². The Labute approximate surface area is 116 Å². The molecule has 1 aromatic rings. The molecule has 3 heteroatoms. The number of aryl methyl sites for hydroxylation is 1. The maximum absolute atomic E-state index is 13.9. The molecule has 2 nitrogen and oxygen atoms in total. The molecule has 0 radical (unpaired) electrons. The van der Waals surface area contributed by atoms with Crippen molar-refractivity contribution < 1.29 is 9.13 Å². The second kappa shape index (κ2) is 6.90. The highest BCUT2D eigenvalue weighted by atomic mass is 19.1. The molecule has 0 aliphatic carbocycles. The normalized spacial score (nSPS) is 13.4. The summed E-state index contributed by atoms with van der Waals surface area (Å²) in [5.41, 5.74) is 0.696. The average molecular weight is 267 g/mol. The van der Waals surface area contributed by atoms with Gasteiger partial charge in [0.25, 0.3) is 0 Å². The predicted octanol–water partition coefficient (Wildman–Crippen LogP) is 3.93. The van der Waals surface area contributed by atoms with Gasteiger partial charge in [-0.15, -0.1) is 0 Å². The van der Waals surface area contributed by atoms with Crippen molar-refractivity contribution >= 4 is 0 Å². The van der Waals surface area contributed by atoms with Crippen molar-refractivity contribution in [2.24, 2.45) is 5.41 Å². The van der Waals surface area contributed by atoms with Gasteiger partial charge in [-0.25, -0.2) is 4.39 Å². The second-order valence-corrected chi connectivity index (χ2v) is 6.07. The average Bonchev–Trinajstić information content (AvgIpc) is 2.32. The van der Waals surface area contributed by atoms with Gasteiger partial charge in [-0.1, -0.05) is 39.8 Å². The number of benzene rings is 1.